The van der Waals surface area contributed by atoms with E-state index in [2.05, 4.69) is 5.10 Å². The van der Waals surface area contributed by atoms with Crippen molar-refractivity contribution in [3.8, 4) is 0 Å². The van der Waals surface area contributed by atoms with E-state index in [9.17, 15) is 0 Å². The summed E-state index contributed by atoms with van der Waals surface area (Å²) in [6.07, 6.45) is 7.24. The summed E-state index contributed by atoms with van der Waals surface area (Å²) in [7, 11) is 0. The van der Waals surface area contributed by atoms with Crippen molar-refractivity contribution in [3.05, 3.63) is 29.2 Å². The van der Waals surface area contributed by atoms with E-state index < -0.39 is 0 Å². The first kappa shape index (κ1) is 9.89. The van der Waals surface area contributed by atoms with E-state index in [4.69, 9.17) is 16.6 Å². The maximum Gasteiger partial charge on any atom is 0.156 e. The molecule has 2 heterocycles. The maximum atomic E-state index is 6.24. The molecule has 2 bridgehead atoms. The van der Waals surface area contributed by atoms with E-state index in [1.807, 2.05) is 12.1 Å². The zero-order valence-corrected chi connectivity index (χ0v) is 10.3. The van der Waals surface area contributed by atoms with Crippen LogP contribution in [0.25, 0.3) is 5.65 Å². The van der Waals surface area contributed by atoms with E-state index in [0.29, 0.717) is 11.1 Å². The molecule has 0 saturated heterocycles. The van der Waals surface area contributed by atoms with Crippen LogP contribution in [0.5, 0.6) is 0 Å². The Morgan fingerprint density at radius 1 is 1.29 bits per heavy atom. The van der Waals surface area contributed by atoms with Crippen molar-refractivity contribution in [2.24, 2.45) is 11.8 Å². The maximum absolute atomic E-state index is 6.24. The van der Waals surface area contributed by atoms with Crippen molar-refractivity contribution >= 4 is 17.2 Å². The van der Waals surface area contributed by atoms with Crippen LogP contribution in [0, 0.1) is 11.8 Å². The number of rotatable bonds is 1. The molecule has 2 fully saturated rings. The van der Waals surface area contributed by atoms with Crippen molar-refractivity contribution in [3.63, 3.8) is 0 Å². The fourth-order valence-electron chi connectivity index (χ4n) is 3.69. The summed E-state index contributed by atoms with van der Waals surface area (Å²) in [5.41, 5.74) is 2.05. The highest BCUT2D eigenvalue weighted by Gasteiger charge is 2.41. The molecular formula is C13H14ClN3. The molecular weight excluding hydrogens is 234 g/mol. The SMILES string of the molecule is Clc1cc(C2CC3CCC2C3)nc2ccnn12. The summed E-state index contributed by atoms with van der Waals surface area (Å²) in [5.74, 6) is 2.41. The van der Waals surface area contributed by atoms with Crippen LogP contribution in [-0.4, -0.2) is 14.6 Å². The molecule has 4 rings (SSSR count). The molecule has 2 aromatic heterocycles. The average molecular weight is 248 g/mol. The van der Waals surface area contributed by atoms with Gasteiger partial charge in [-0.05, 0) is 37.2 Å². The van der Waals surface area contributed by atoms with Gasteiger partial charge in [0.1, 0.15) is 5.15 Å². The van der Waals surface area contributed by atoms with Crippen molar-refractivity contribution < 1.29 is 0 Å². The topological polar surface area (TPSA) is 30.2 Å². The van der Waals surface area contributed by atoms with Crippen molar-refractivity contribution in [2.45, 2.75) is 31.6 Å². The Bertz CT molecular complexity index is 577. The Kier molecular flexibility index (Phi) is 2.01. The van der Waals surface area contributed by atoms with E-state index in [-0.39, 0.29) is 0 Å². The Morgan fingerprint density at radius 3 is 3.00 bits per heavy atom. The largest absolute Gasteiger partial charge is 0.233 e. The normalized spacial score (nSPS) is 31.5. The van der Waals surface area contributed by atoms with Crippen LogP contribution in [0.15, 0.2) is 18.3 Å². The number of nitrogens with zero attached hydrogens (tertiary/aromatic N) is 3. The zero-order chi connectivity index (χ0) is 11.4. The van der Waals surface area contributed by atoms with Gasteiger partial charge in [0, 0.05) is 17.7 Å². The molecule has 0 aliphatic heterocycles. The third-order valence-corrected chi connectivity index (χ3v) is 4.72. The van der Waals surface area contributed by atoms with Gasteiger partial charge in [-0.25, -0.2) is 9.50 Å². The Balaban J connectivity index is 1.80. The van der Waals surface area contributed by atoms with Gasteiger partial charge in [-0.2, -0.15) is 5.10 Å². The minimum Gasteiger partial charge on any atom is -0.233 e. The molecule has 4 heteroatoms. The van der Waals surface area contributed by atoms with Gasteiger partial charge >= 0.3 is 0 Å². The highest BCUT2D eigenvalue weighted by molar-refractivity contribution is 6.29. The number of fused-ring (bicyclic) bond motifs is 3. The van der Waals surface area contributed by atoms with Crippen LogP contribution >= 0.6 is 11.6 Å². The number of hydrogen-bond donors (Lipinski definition) is 0. The van der Waals surface area contributed by atoms with Gasteiger partial charge < -0.3 is 0 Å². The van der Waals surface area contributed by atoms with Gasteiger partial charge in [0.2, 0.25) is 0 Å². The summed E-state index contributed by atoms with van der Waals surface area (Å²) in [6, 6.07) is 3.93. The van der Waals surface area contributed by atoms with Crippen molar-refractivity contribution in [2.75, 3.05) is 0 Å². The molecule has 0 N–H and O–H groups in total. The fraction of sp³-hybridized carbons (Fsp3) is 0.538. The number of halogens is 1. The Morgan fingerprint density at radius 2 is 2.24 bits per heavy atom. The molecule has 3 nitrogen and oxygen atoms in total. The third kappa shape index (κ3) is 1.41. The highest BCUT2D eigenvalue weighted by Crippen LogP contribution is 2.52. The van der Waals surface area contributed by atoms with Crippen LogP contribution < -0.4 is 0 Å². The van der Waals surface area contributed by atoms with Gasteiger partial charge in [0.15, 0.2) is 5.65 Å². The second kappa shape index (κ2) is 3.45. The zero-order valence-electron chi connectivity index (χ0n) is 9.51. The second-order valence-corrected chi connectivity index (χ2v) is 5.77. The predicted octanol–water partition coefficient (Wildman–Crippen LogP) is 3.29. The van der Waals surface area contributed by atoms with Crippen LogP contribution in [0.1, 0.15) is 37.3 Å². The van der Waals surface area contributed by atoms with Gasteiger partial charge in [-0.1, -0.05) is 18.0 Å². The molecule has 2 aliphatic carbocycles. The quantitative estimate of drug-likeness (QED) is 0.724. The molecule has 0 amide bonds. The molecule has 88 valence electrons. The number of hydrogen-bond acceptors (Lipinski definition) is 2. The van der Waals surface area contributed by atoms with Crippen LogP contribution in [-0.2, 0) is 0 Å². The van der Waals surface area contributed by atoms with Crippen molar-refractivity contribution in [1.29, 1.82) is 0 Å². The molecule has 2 saturated carbocycles. The molecule has 0 radical (unpaired) electrons. The van der Waals surface area contributed by atoms with Gasteiger partial charge in [0.05, 0.1) is 6.20 Å². The first-order valence-corrected chi connectivity index (χ1v) is 6.69. The Hall–Kier alpha value is -1.09. The lowest BCUT2D eigenvalue weighted by molar-refractivity contribution is 0.413. The van der Waals surface area contributed by atoms with Crippen LogP contribution in [0.3, 0.4) is 0 Å². The molecule has 3 unspecified atom stereocenters. The third-order valence-electron chi connectivity index (χ3n) is 4.45. The van der Waals surface area contributed by atoms with Gasteiger partial charge in [-0.15, -0.1) is 0 Å². The first-order valence-electron chi connectivity index (χ1n) is 6.31. The lowest BCUT2D eigenvalue weighted by Gasteiger charge is -2.21. The molecule has 2 aliphatic rings. The fourth-order valence-corrected chi connectivity index (χ4v) is 3.93. The second-order valence-electron chi connectivity index (χ2n) is 5.39. The molecule has 3 atom stereocenters. The monoisotopic (exact) mass is 247 g/mol. The molecule has 0 spiro atoms. The lowest BCUT2D eigenvalue weighted by atomic mass is 9.86. The first-order chi connectivity index (χ1) is 8.31. The van der Waals surface area contributed by atoms with E-state index in [0.717, 1.165) is 17.5 Å². The summed E-state index contributed by atoms with van der Waals surface area (Å²) < 4.78 is 1.69. The average Bonchev–Trinajstić information content (AvgIpc) is 3.04. The summed E-state index contributed by atoms with van der Waals surface area (Å²) in [6.45, 7) is 0. The lowest BCUT2D eigenvalue weighted by Crippen LogP contribution is -2.11. The summed E-state index contributed by atoms with van der Waals surface area (Å²) >= 11 is 6.24. The standard InChI is InChI=1S/C13H14ClN3/c14-12-7-11(16-13-3-4-15-17(12)13)10-6-8-1-2-9(10)5-8/h3-4,7-10H,1-2,5-6H2. The molecule has 17 heavy (non-hydrogen) atoms. The van der Waals surface area contributed by atoms with Gasteiger partial charge in [0.25, 0.3) is 0 Å². The number of aromatic nitrogens is 3. The highest BCUT2D eigenvalue weighted by atomic mass is 35.5. The predicted molar refractivity (Wildman–Crippen MR) is 66.2 cm³/mol. The van der Waals surface area contributed by atoms with Crippen LogP contribution in [0.2, 0.25) is 5.15 Å². The smallest absolute Gasteiger partial charge is 0.156 e. The van der Waals surface area contributed by atoms with Crippen LogP contribution in [0.4, 0.5) is 0 Å². The van der Waals surface area contributed by atoms with E-state index in [1.54, 1.807) is 10.7 Å². The summed E-state index contributed by atoms with van der Waals surface area (Å²) in [5, 5.41) is 4.83. The van der Waals surface area contributed by atoms with Gasteiger partial charge in [-0.3, -0.25) is 0 Å². The molecule has 0 aromatic carbocycles. The van der Waals surface area contributed by atoms with E-state index >= 15 is 0 Å². The molecule has 2 aromatic rings. The Labute approximate surface area is 105 Å². The minimum absolute atomic E-state index is 0.631. The summed E-state index contributed by atoms with van der Waals surface area (Å²) in [4.78, 5) is 4.71. The minimum atomic E-state index is 0.631. The van der Waals surface area contributed by atoms with E-state index in [1.165, 1.54) is 31.4 Å². The van der Waals surface area contributed by atoms with Crippen molar-refractivity contribution in [1.82, 2.24) is 14.6 Å².